The van der Waals surface area contributed by atoms with E-state index in [1.54, 1.807) is 11.8 Å². The molecule has 0 saturated carbocycles. The van der Waals surface area contributed by atoms with E-state index in [1.165, 1.54) is 24.1 Å². The molecule has 3 heteroatoms. The fourth-order valence-corrected chi connectivity index (χ4v) is 3.60. The molecule has 0 atom stereocenters. The van der Waals surface area contributed by atoms with Crippen LogP contribution in [0.2, 0.25) is 0 Å². The molecule has 1 aliphatic rings. The average molecular weight is 305 g/mol. The zero-order chi connectivity index (χ0) is 15.9. The van der Waals surface area contributed by atoms with Crippen molar-refractivity contribution in [2.75, 3.05) is 5.75 Å². The highest BCUT2D eigenvalue weighted by Crippen LogP contribution is 2.30. The maximum atomic E-state index is 9.28. The van der Waals surface area contributed by atoms with Gasteiger partial charge in [-0.15, -0.1) is 11.8 Å². The number of nitriles is 1. The van der Waals surface area contributed by atoms with Crippen molar-refractivity contribution in [2.24, 2.45) is 5.41 Å². The number of aryl methyl sites for hydroxylation is 2. The van der Waals surface area contributed by atoms with E-state index < -0.39 is 0 Å². The Kier molecular flexibility index (Phi) is 7.25. The summed E-state index contributed by atoms with van der Waals surface area (Å²) in [4.78, 5) is 4.74. The van der Waals surface area contributed by atoms with Crippen molar-refractivity contribution < 1.29 is 0 Å². The van der Waals surface area contributed by atoms with Gasteiger partial charge in [-0.05, 0) is 49.1 Å². The molecule has 0 amide bonds. The lowest BCUT2D eigenvalue weighted by Gasteiger charge is -2.19. The van der Waals surface area contributed by atoms with Gasteiger partial charge in [0.05, 0.1) is 5.56 Å². The lowest BCUT2D eigenvalue weighted by Crippen LogP contribution is -2.08. The fourth-order valence-electron chi connectivity index (χ4n) is 2.26. The van der Waals surface area contributed by atoms with E-state index in [0.717, 1.165) is 35.6 Å². The largest absolute Gasteiger partial charge is 0.245 e. The predicted molar refractivity (Wildman–Crippen MR) is 91.7 cm³/mol. The molecule has 0 N–H and O–H groups in total. The molecule has 0 bridgehead atoms. The van der Waals surface area contributed by atoms with E-state index in [1.807, 2.05) is 13.8 Å². The number of hydrogen-bond donors (Lipinski definition) is 0. The van der Waals surface area contributed by atoms with E-state index in [-0.39, 0.29) is 0 Å². The zero-order valence-electron chi connectivity index (χ0n) is 14.1. The number of aromatic nitrogens is 1. The molecule has 116 valence electrons. The highest BCUT2D eigenvalue weighted by Gasteiger charge is 2.16. The number of nitrogens with zero attached hydrogens (tertiary/aromatic N) is 2. The van der Waals surface area contributed by atoms with Crippen molar-refractivity contribution in [1.82, 2.24) is 4.98 Å². The Morgan fingerprint density at radius 1 is 1.24 bits per heavy atom. The smallest absolute Gasteiger partial charge is 0.114 e. The van der Waals surface area contributed by atoms with E-state index in [2.05, 4.69) is 32.9 Å². The van der Waals surface area contributed by atoms with Crippen LogP contribution in [-0.2, 0) is 12.8 Å². The van der Waals surface area contributed by atoms with Gasteiger partial charge in [-0.2, -0.15) is 5.26 Å². The Hall–Kier alpha value is -1.01. The summed E-state index contributed by atoms with van der Waals surface area (Å²) in [6.45, 7) is 10.7. The second-order valence-electron chi connectivity index (χ2n) is 6.42. The van der Waals surface area contributed by atoms with E-state index in [9.17, 15) is 5.26 Å². The average Bonchev–Trinajstić information content (AvgIpc) is 2.47. The molecule has 0 aromatic carbocycles. The quantitative estimate of drug-likeness (QED) is 0.703. The van der Waals surface area contributed by atoms with Gasteiger partial charge in [-0.1, -0.05) is 34.6 Å². The van der Waals surface area contributed by atoms with Crippen molar-refractivity contribution >= 4 is 11.8 Å². The summed E-state index contributed by atoms with van der Waals surface area (Å²) >= 11 is 1.74. The third-order valence-electron chi connectivity index (χ3n) is 3.48. The predicted octanol–water partition coefficient (Wildman–Crippen LogP) is 5.39. The number of thioether (sulfide) groups is 1. The molecule has 21 heavy (non-hydrogen) atoms. The van der Waals surface area contributed by atoms with Crippen LogP contribution in [0.1, 0.15) is 70.7 Å². The standard InChI is InChI=1S/C16H22N2S.C2H6/c1-16(2,3)8-9-19-15-13(11-17)10-12-6-4-5-7-14(12)18-15;1-2/h10H,4-9H2,1-3H3;1-2H3. The first kappa shape index (κ1) is 18.0. The van der Waals surface area contributed by atoms with Crippen molar-refractivity contribution in [1.29, 1.82) is 5.26 Å². The fraction of sp³-hybridized carbons (Fsp3) is 0.667. The lowest BCUT2D eigenvalue weighted by molar-refractivity contribution is 0.401. The van der Waals surface area contributed by atoms with Crippen molar-refractivity contribution in [3.8, 4) is 6.07 Å². The summed E-state index contributed by atoms with van der Waals surface area (Å²) in [6.07, 6.45) is 5.77. The minimum absolute atomic E-state index is 0.341. The molecule has 0 saturated heterocycles. The van der Waals surface area contributed by atoms with Crippen LogP contribution < -0.4 is 0 Å². The second-order valence-corrected chi connectivity index (χ2v) is 7.51. The van der Waals surface area contributed by atoms with E-state index >= 15 is 0 Å². The topological polar surface area (TPSA) is 36.7 Å². The van der Waals surface area contributed by atoms with Crippen LogP contribution >= 0.6 is 11.8 Å². The Balaban J connectivity index is 0.00000106. The van der Waals surface area contributed by atoms with E-state index in [0.29, 0.717) is 5.41 Å². The Labute approximate surface area is 134 Å². The van der Waals surface area contributed by atoms with Crippen LogP contribution in [0.4, 0.5) is 0 Å². The first-order valence-corrected chi connectivity index (χ1v) is 9.04. The van der Waals surface area contributed by atoms with Crippen LogP contribution in [0.3, 0.4) is 0 Å². The van der Waals surface area contributed by atoms with Gasteiger partial charge in [0.25, 0.3) is 0 Å². The normalized spacial score (nSPS) is 13.7. The molecule has 1 aliphatic carbocycles. The SMILES string of the molecule is CC.CC(C)(C)CCSc1nc2c(cc1C#N)CCCC2. The van der Waals surface area contributed by atoms with Gasteiger partial charge < -0.3 is 0 Å². The summed E-state index contributed by atoms with van der Waals surface area (Å²) in [5, 5.41) is 10.2. The third-order valence-corrected chi connectivity index (χ3v) is 4.47. The Morgan fingerprint density at radius 2 is 1.90 bits per heavy atom. The summed E-state index contributed by atoms with van der Waals surface area (Å²) in [5.41, 5.74) is 3.62. The zero-order valence-corrected chi connectivity index (χ0v) is 14.9. The molecule has 1 aromatic heterocycles. The minimum Gasteiger partial charge on any atom is -0.245 e. The molecule has 0 unspecified atom stereocenters. The Bertz CT molecular complexity index is 495. The van der Waals surface area contributed by atoms with E-state index in [4.69, 9.17) is 4.98 Å². The molecule has 0 fully saturated rings. The van der Waals surface area contributed by atoms with Crippen molar-refractivity contribution in [2.45, 2.75) is 71.7 Å². The van der Waals surface area contributed by atoms with Crippen LogP contribution in [0.25, 0.3) is 0 Å². The van der Waals surface area contributed by atoms with Gasteiger partial charge >= 0.3 is 0 Å². The lowest BCUT2D eigenvalue weighted by atomic mass is 9.94. The summed E-state index contributed by atoms with van der Waals surface area (Å²) < 4.78 is 0. The molecule has 2 rings (SSSR count). The molecule has 2 nitrogen and oxygen atoms in total. The van der Waals surface area contributed by atoms with Crippen molar-refractivity contribution in [3.05, 3.63) is 22.9 Å². The molecule has 0 radical (unpaired) electrons. The van der Waals surface area contributed by atoms with Gasteiger partial charge in [-0.25, -0.2) is 4.98 Å². The summed E-state index contributed by atoms with van der Waals surface area (Å²) in [6, 6.07) is 4.38. The number of fused-ring (bicyclic) bond motifs is 1. The number of hydrogen-bond acceptors (Lipinski definition) is 3. The first-order valence-electron chi connectivity index (χ1n) is 8.05. The van der Waals surface area contributed by atoms with Gasteiger partial charge in [-0.3, -0.25) is 0 Å². The van der Waals surface area contributed by atoms with Gasteiger partial charge in [0.1, 0.15) is 11.1 Å². The third kappa shape index (κ3) is 5.71. The second kappa shape index (κ2) is 8.44. The molecule has 1 aromatic rings. The minimum atomic E-state index is 0.341. The molecule has 1 heterocycles. The number of pyridine rings is 1. The monoisotopic (exact) mass is 304 g/mol. The first-order chi connectivity index (χ1) is 9.99. The highest BCUT2D eigenvalue weighted by atomic mass is 32.2. The van der Waals surface area contributed by atoms with Crippen LogP contribution in [0.5, 0.6) is 0 Å². The summed E-state index contributed by atoms with van der Waals surface area (Å²) in [7, 11) is 0. The Morgan fingerprint density at radius 3 is 2.52 bits per heavy atom. The van der Waals surface area contributed by atoms with Gasteiger partial charge in [0, 0.05) is 11.4 Å². The van der Waals surface area contributed by atoms with Crippen LogP contribution in [0, 0.1) is 16.7 Å². The number of rotatable bonds is 3. The molecule has 0 spiro atoms. The maximum Gasteiger partial charge on any atom is 0.114 e. The van der Waals surface area contributed by atoms with Crippen molar-refractivity contribution in [3.63, 3.8) is 0 Å². The highest BCUT2D eigenvalue weighted by molar-refractivity contribution is 7.99. The van der Waals surface area contributed by atoms with Gasteiger partial charge in [0.2, 0.25) is 0 Å². The molecular weight excluding hydrogens is 276 g/mol. The summed E-state index contributed by atoms with van der Waals surface area (Å²) in [5.74, 6) is 1.03. The van der Waals surface area contributed by atoms with Gasteiger partial charge in [0.15, 0.2) is 0 Å². The van der Waals surface area contributed by atoms with Crippen LogP contribution in [0.15, 0.2) is 11.1 Å². The maximum absolute atomic E-state index is 9.28. The van der Waals surface area contributed by atoms with Crippen LogP contribution in [-0.4, -0.2) is 10.7 Å². The molecule has 0 aliphatic heterocycles. The molecular formula is C18H28N2S.